The number of benzene rings is 1. The van der Waals surface area contributed by atoms with Crippen LogP contribution in [0.5, 0.6) is 5.75 Å². The Bertz CT molecular complexity index is 861. The first kappa shape index (κ1) is 15.0. The second-order valence-corrected chi connectivity index (χ2v) is 4.50. The van der Waals surface area contributed by atoms with Gasteiger partial charge in [0.1, 0.15) is 23.7 Å². The Labute approximate surface area is 126 Å². The molecule has 1 aromatic carbocycles. The standard InChI is InChI=1S/C13H9F4N5O/c1-23-9-3-7(14)2-8(4-9)20-11-5-10(13(15,16)17)21-12-18-6-19-22(11)12/h2-6,20H,1H3. The maximum absolute atomic E-state index is 13.5. The molecule has 0 spiro atoms. The zero-order valence-corrected chi connectivity index (χ0v) is 11.6. The van der Waals surface area contributed by atoms with E-state index in [-0.39, 0.29) is 23.0 Å². The lowest BCUT2D eigenvalue weighted by Gasteiger charge is -2.12. The molecule has 3 rings (SSSR count). The van der Waals surface area contributed by atoms with Gasteiger partial charge >= 0.3 is 6.18 Å². The van der Waals surface area contributed by atoms with Gasteiger partial charge in [0.2, 0.25) is 0 Å². The Balaban J connectivity index is 2.09. The molecule has 0 saturated heterocycles. The number of ether oxygens (including phenoxy) is 1. The first-order valence-electron chi connectivity index (χ1n) is 6.26. The summed E-state index contributed by atoms with van der Waals surface area (Å²) in [6.07, 6.45) is -3.58. The highest BCUT2D eigenvalue weighted by Gasteiger charge is 2.34. The summed E-state index contributed by atoms with van der Waals surface area (Å²) in [6, 6.07) is 4.45. The first-order chi connectivity index (χ1) is 10.9. The number of aromatic nitrogens is 4. The third-order valence-electron chi connectivity index (χ3n) is 2.92. The van der Waals surface area contributed by atoms with Crippen LogP contribution in [0.3, 0.4) is 0 Å². The van der Waals surface area contributed by atoms with Crippen LogP contribution in [0.25, 0.3) is 5.78 Å². The Morgan fingerprint density at radius 2 is 1.96 bits per heavy atom. The predicted octanol–water partition coefficient (Wildman–Crippen LogP) is 3.03. The van der Waals surface area contributed by atoms with E-state index in [2.05, 4.69) is 20.4 Å². The van der Waals surface area contributed by atoms with Gasteiger partial charge in [0, 0.05) is 23.9 Å². The molecule has 1 N–H and O–H groups in total. The molecule has 0 amide bonds. The molecular weight excluding hydrogens is 318 g/mol. The number of fused-ring (bicyclic) bond motifs is 1. The van der Waals surface area contributed by atoms with Crippen molar-refractivity contribution in [2.75, 3.05) is 12.4 Å². The van der Waals surface area contributed by atoms with E-state index in [0.717, 1.165) is 29.0 Å². The third kappa shape index (κ3) is 3.00. The van der Waals surface area contributed by atoms with Crippen molar-refractivity contribution in [3.8, 4) is 5.75 Å². The molecule has 0 saturated carbocycles. The molecule has 6 nitrogen and oxygen atoms in total. The largest absolute Gasteiger partial charge is 0.497 e. The minimum absolute atomic E-state index is 0.0625. The van der Waals surface area contributed by atoms with Gasteiger partial charge in [-0.05, 0) is 6.07 Å². The van der Waals surface area contributed by atoms with Crippen molar-refractivity contribution in [3.63, 3.8) is 0 Å². The summed E-state index contributed by atoms with van der Waals surface area (Å²) < 4.78 is 58.2. The normalized spacial score (nSPS) is 11.7. The molecule has 0 aliphatic carbocycles. The van der Waals surface area contributed by atoms with E-state index in [1.54, 1.807) is 0 Å². The minimum atomic E-state index is -4.65. The van der Waals surface area contributed by atoms with Gasteiger partial charge < -0.3 is 10.1 Å². The number of alkyl halides is 3. The van der Waals surface area contributed by atoms with Crippen LogP contribution in [-0.2, 0) is 6.18 Å². The van der Waals surface area contributed by atoms with Crippen LogP contribution in [0.15, 0.2) is 30.6 Å². The quantitative estimate of drug-likeness (QED) is 0.749. The van der Waals surface area contributed by atoms with Gasteiger partial charge in [-0.25, -0.2) is 9.37 Å². The molecule has 0 atom stereocenters. The molecule has 0 bridgehead atoms. The van der Waals surface area contributed by atoms with Crippen LogP contribution < -0.4 is 10.1 Å². The highest BCUT2D eigenvalue weighted by Crippen LogP contribution is 2.31. The second-order valence-electron chi connectivity index (χ2n) is 4.50. The average Bonchev–Trinajstić information content (AvgIpc) is 2.94. The average molecular weight is 327 g/mol. The lowest BCUT2D eigenvalue weighted by Crippen LogP contribution is -2.12. The van der Waals surface area contributed by atoms with Gasteiger partial charge in [-0.1, -0.05) is 0 Å². The smallest absolute Gasteiger partial charge is 0.433 e. The molecular formula is C13H9F4N5O. The summed E-state index contributed by atoms with van der Waals surface area (Å²) in [6.45, 7) is 0. The fraction of sp³-hybridized carbons (Fsp3) is 0.154. The Kier molecular flexibility index (Phi) is 3.51. The van der Waals surface area contributed by atoms with Crippen LogP contribution in [0.2, 0.25) is 0 Å². The molecule has 2 heterocycles. The molecule has 23 heavy (non-hydrogen) atoms. The van der Waals surface area contributed by atoms with Crippen LogP contribution in [0.4, 0.5) is 29.1 Å². The van der Waals surface area contributed by atoms with E-state index in [4.69, 9.17) is 4.74 Å². The first-order valence-corrected chi connectivity index (χ1v) is 6.26. The van der Waals surface area contributed by atoms with Crippen LogP contribution in [-0.4, -0.2) is 26.7 Å². The number of nitrogens with zero attached hydrogens (tertiary/aromatic N) is 4. The van der Waals surface area contributed by atoms with Crippen molar-refractivity contribution in [3.05, 3.63) is 42.1 Å². The van der Waals surface area contributed by atoms with E-state index < -0.39 is 17.7 Å². The highest BCUT2D eigenvalue weighted by molar-refractivity contribution is 5.60. The van der Waals surface area contributed by atoms with Crippen molar-refractivity contribution < 1.29 is 22.3 Å². The Hall–Kier alpha value is -2.91. The molecule has 0 aliphatic heterocycles. The van der Waals surface area contributed by atoms with Crippen molar-refractivity contribution >= 4 is 17.3 Å². The molecule has 3 aromatic rings. The number of halogens is 4. The van der Waals surface area contributed by atoms with E-state index in [0.29, 0.717) is 0 Å². The maximum atomic E-state index is 13.5. The summed E-state index contributed by atoms with van der Waals surface area (Å²) in [5.41, 5.74) is -0.943. The number of anilines is 2. The number of hydrogen-bond donors (Lipinski definition) is 1. The van der Waals surface area contributed by atoms with E-state index in [1.807, 2.05) is 0 Å². The van der Waals surface area contributed by atoms with Crippen LogP contribution in [0.1, 0.15) is 5.69 Å². The van der Waals surface area contributed by atoms with Crippen LogP contribution >= 0.6 is 0 Å². The number of methoxy groups -OCH3 is 1. The zero-order valence-electron chi connectivity index (χ0n) is 11.6. The van der Waals surface area contributed by atoms with Crippen molar-refractivity contribution in [1.29, 1.82) is 0 Å². The van der Waals surface area contributed by atoms with Gasteiger partial charge in [0.25, 0.3) is 5.78 Å². The zero-order chi connectivity index (χ0) is 16.6. The second kappa shape index (κ2) is 5.38. The maximum Gasteiger partial charge on any atom is 0.433 e. The van der Waals surface area contributed by atoms with Gasteiger partial charge in [0.05, 0.1) is 7.11 Å². The fourth-order valence-corrected chi connectivity index (χ4v) is 1.95. The van der Waals surface area contributed by atoms with E-state index in [1.165, 1.54) is 13.2 Å². The SMILES string of the molecule is COc1cc(F)cc(Nc2cc(C(F)(F)F)nc3ncnn23)c1. The van der Waals surface area contributed by atoms with Crippen LogP contribution in [0, 0.1) is 5.82 Å². The highest BCUT2D eigenvalue weighted by atomic mass is 19.4. The summed E-state index contributed by atoms with van der Waals surface area (Å²) in [5.74, 6) is -0.683. The molecule has 0 aliphatic rings. The molecule has 120 valence electrons. The van der Waals surface area contributed by atoms with Gasteiger partial charge in [-0.3, -0.25) is 0 Å². The number of nitrogens with one attached hydrogen (secondary N) is 1. The van der Waals surface area contributed by atoms with Crippen molar-refractivity contribution in [1.82, 2.24) is 19.6 Å². The summed E-state index contributed by atoms with van der Waals surface area (Å²) in [4.78, 5) is 7.03. The molecule has 2 aromatic heterocycles. The van der Waals surface area contributed by atoms with Crippen molar-refractivity contribution in [2.24, 2.45) is 0 Å². The molecule has 0 radical (unpaired) electrons. The number of hydrogen-bond acceptors (Lipinski definition) is 5. The van der Waals surface area contributed by atoms with Gasteiger partial charge in [-0.2, -0.15) is 27.8 Å². The molecule has 0 unspecified atom stereocenters. The summed E-state index contributed by atoms with van der Waals surface area (Å²) in [5, 5.41) is 6.45. The molecule has 0 fully saturated rings. The topological polar surface area (TPSA) is 64.3 Å². The fourth-order valence-electron chi connectivity index (χ4n) is 1.95. The monoisotopic (exact) mass is 327 g/mol. The predicted molar refractivity (Wildman–Crippen MR) is 72.0 cm³/mol. The third-order valence-corrected chi connectivity index (χ3v) is 2.92. The van der Waals surface area contributed by atoms with Crippen molar-refractivity contribution in [2.45, 2.75) is 6.18 Å². The Morgan fingerprint density at radius 3 is 2.65 bits per heavy atom. The number of rotatable bonds is 3. The lowest BCUT2D eigenvalue weighted by atomic mass is 10.3. The van der Waals surface area contributed by atoms with E-state index >= 15 is 0 Å². The minimum Gasteiger partial charge on any atom is -0.497 e. The van der Waals surface area contributed by atoms with E-state index in [9.17, 15) is 17.6 Å². The van der Waals surface area contributed by atoms with Gasteiger partial charge in [0.15, 0.2) is 5.69 Å². The lowest BCUT2D eigenvalue weighted by molar-refractivity contribution is -0.141. The molecule has 10 heteroatoms. The summed E-state index contributed by atoms with van der Waals surface area (Å²) in [7, 11) is 1.35. The van der Waals surface area contributed by atoms with Gasteiger partial charge in [-0.15, -0.1) is 0 Å². The Morgan fingerprint density at radius 1 is 1.17 bits per heavy atom. The summed E-state index contributed by atoms with van der Waals surface area (Å²) >= 11 is 0.